The maximum atomic E-state index is 12.9. The standard InChI is InChI=1S/C19H24N4O3S.2ClH/c1-22-10-12-23(13-11-22)27(25,26)17-9-5-8-16(14-17)21-19(24)18(20)15-6-3-2-4-7-15;;/h2-9,14,18H,10-13,20H2,1H3,(H,21,24);2*1H. The summed E-state index contributed by atoms with van der Waals surface area (Å²) in [6, 6.07) is 14.5. The predicted molar refractivity (Wildman–Crippen MR) is 119 cm³/mol. The maximum Gasteiger partial charge on any atom is 0.245 e. The zero-order valence-electron chi connectivity index (χ0n) is 16.0. The lowest BCUT2D eigenvalue weighted by atomic mass is 10.1. The minimum Gasteiger partial charge on any atom is -0.324 e. The second-order valence-electron chi connectivity index (χ2n) is 6.61. The summed E-state index contributed by atoms with van der Waals surface area (Å²) in [5.74, 6) is -0.393. The molecule has 0 bridgehead atoms. The number of carbonyl (C=O) groups excluding carboxylic acids is 1. The van der Waals surface area contributed by atoms with E-state index in [1.165, 1.54) is 10.4 Å². The number of piperazine rings is 1. The van der Waals surface area contributed by atoms with Crippen molar-refractivity contribution in [3.8, 4) is 0 Å². The van der Waals surface area contributed by atoms with Gasteiger partial charge in [-0.3, -0.25) is 4.79 Å². The summed E-state index contributed by atoms with van der Waals surface area (Å²) < 4.78 is 27.2. The fourth-order valence-electron chi connectivity index (χ4n) is 2.94. The smallest absolute Gasteiger partial charge is 0.245 e. The summed E-state index contributed by atoms with van der Waals surface area (Å²) in [6.45, 7) is 2.30. The first kappa shape index (κ1) is 25.4. The first-order valence-electron chi connectivity index (χ1n) is 8.78. The molecule has 3 rings (SSSR count). The van der Waals surface area contributed by atoms with Crippen molar-refractivity contribution in [2.45, 2.75) is 10.9 Å². The Morgan fingerprint density at radius 3 is 2.24 bits per heavy atom. The molecule has 1 saturated heterocycles. The maximum absolute atomic E-state index is 12.9. The molecule has 1 aliphatic heterocycles. The molecule has 0 saturated carbocycles. The first-order chi connectivity index (χ1) is 12.9. The monoisotopic (exact) mass is 460 g/mol. The van der Waals surface area contributed by atoms with Crippen LogP contribution in [0.1, 0.15) is 11.6 Å². The average molecular weight is 461 g/mol. The minimum atomic E-state index is -3.59. The number of carbonyl (C=O) groups is 1. The molecule has 2 aromatic rings. The summed E-state index contributed by atoms with van der Waals surface area (Å²) in [6.07, 6.45) is 0. The number of nitrogens with zero attached hydrogens (tertiary/aromatic N) is 2. The van der Waals surface area contributed by atoms with Gasteiger partial charge in [0.05, 0.1) is 4.90 Å². The summed E-state index contributed by atoms with van der Waals surface area (Å²) >= 11 is 0. The van der Waals surface area contributed by atoms with Gasteiger partial charge in [0.25, 0.3) is 0 Å². The van der Waals surface area contributed by atoms with Gasteiger partial charge in [0.15, 0.2) is 0 Å². The van der Waals surface area contributed by atoms with E-state index in [1.807, 2.05) is 25.2 Å². The number of likely N-dealkylation sites (N-methyl/N-ethyl adjacent to an activating group) is 1. The summed E-state index contributed by atoms with van der Waals surface area (Å²) in [7, 11) is -1.62. The highest BCUT2D eigenvalue weighted by Gasteiger charge is 2.27. The number of sulfonamides is 1. The molecule has 1 atom stereocenters. The van der Waals surface area contributed by atoms with Crippen LogP contribution in [0.4, 0.5) is 5.69 Å². The van der Waals surface area contributed by atoms with E-state index >= 15 is 0 Å². The van der Waals surface area contributed by atoms with Gasteiger partial charge in [0.2, 0.25) is 15.9 Å². The quantitative estimate of drug-likeness (QED) is 0.711. The topological polar surface area (TPSA) is 95.7 Å². The second-order valence-corrected chi connectivity index (χ2v) is 8.55. The fraction of sp³-hybridized carbons (Fsp3) is 0.316. The van der Waals surface area contributed by atoms with Crippen LogP contribution in [0.3, 0.4) is 0 Å². The van der Waals surface area contributed by atoms with E-state index in [1.54, 1.807) is 30.3 Å². The van der Waals surface area contributed by atoms with E-state index in [4.69, 9.17) is 5.73 Å². The minimum absolute atomic E-state index is 0. The van der Waals surface area contributed by atoms with Crippen LogP contribution in [0.15, 0.2) is 59.5 Å². The molecular formula is C19H26Cl2N4O3S. The molecule has 1 unspecified atom stereocenters. The second kappa shape index (κ2) is 10.9. The molecule has 1 amide bonds. The molecule has 160 valence electrons. The molecule has 1 aliphatic rings. The Balaban J connectivity index is 0.00000210. The van der Waals surface area contributed by atoms with Gasteiger partial charge < -0.3 is 16.0 Å². The number of amides is 1. The Bertz CT molecular complexity index is 905. The molecule has 29 heavy (non-hydrogen) atoms. The molecular weight excluding hydrogens is 435 g/mol. The van der Waals surface area contributed by atoms with Gasteiger partial charge in [0.1, 0.15) is 6.04 Å². The number of nitrogens with two attached hydrogens (primary N) is 1. The van der Waals surface area contributed by atoms with E-state index in [2.05, 4.69) is 10.2 Å². The van der Waals surface area contributed by atoms with E-state index < -0.39 is 22.0 Å². The van der Waals surface area contributed by atoms with Crippen LogP contribution in [-0.4, -0.2) is 56.8 Å². The molecule has 7 nitrogen and oxygen atoms in total. The zero-order valence-corrected chi connectivity index (χ0v) is 18.5. The van der Waals surface area contributed by atoms with Crippen LogP contribution in [0, 0.1) is 0 Å². The normalized spacial score (nSPS) is 16.2. The largest absolute Gasteiger partial charge is 0.324 e. The number of nitrogens with one attached hydrogen (secondary N) is 1. The van der Waals surface area contributed by atoms with E-state index in [0.717, 1.165) is 0 Å². The summed E-state index contributed by atoms with van der Waals surface area (Å²) in [4.78, 5) is 14.7. The van der Waals surface area contributed by atoms with Crippen molar-refractivity contribution in [3.63, 3.8) is 0 Å². The number of hydrogen-bond donors (Lipinski definition) is 2. The van der Waals surface area contributed by atoms with E-state index in [-0.39, 0.29) is 29.7 Å². The molecule has 2 aromatic carbocycles. The summed E-state index contributed by atoms with van der Waals surface area (Å²) in [5, 5.41) is 2.71. The van der Waals surface area contributed by atoms with E-state index in [9.17, 15) is 13.2 Å². The third-order valence-electron chi connectivity index (χ3n) is 4.64. The lowest BCUT2D eigenvalue weighted by Crippen LogP contribution is -2.47. The van der Waals surface area contributed by atoms with Crippen molar-refractivity contribution in [1.82, 2.24) is 9.21 Å². The Morgan fingerprint density at radius 1 is 1.00 bits per heavy atom. The fourth-order valence-corrected chi connectivity index (χ4v) is 4.41. The van der Waals surface area contributed by atoms with Gasteiger partial charge in [0, 0.05) is 31.9 Å². The molecule has 0 aliphatic carbocycles. The van der Waals surface area contributed by atoms with Crippen molar-refractivity contribution >= 4 is 46.4 Å². The molecule has 0 aromatic heterocycles. The van der Waals surface area contributed by atoms with Crippen LogP contribution >= 0.6 is 24.8 Å². The lowest BCUT2D eigenvalue weighted by Gasteiger charge is -2.31. The van der Waals surface area contributed by atoms with Crippen molar-refractivity contribution < 1.29 is 13.2 Å². The number of hydrogen-bond acceptors (Lipinski definition) is 5. The Labute approximate surface area is 184 Å². The van der Waals surface area contributed by atoms with Crippen molar-refractivity contribution in [1.29, 1.82) is 0 Å². The Kier molecular flexibility index (Phi) is 9.54. The van der Waals surface area contributed by atoms with Gasteiger partial charge in [-0.1, -0.05) is 36.4 Å². The lowest BCUT2D eigenvalue weighted by molar-refractivity contribution is -0.117. The van der Waals surface area contributed by atoms with Gasteiger partial charge in [-0.15, -0.1) is 24.8 Å². The van der Waals surface area contributed by atoms with Gasteiger partial charge in [-0.25, -0.2) is 8.42 Å². The first-order valence-corrected chi connectivity index (χ1v) is 10.2. The van der Waals surface area contributed by atoms with Crippen LogP contribution in [-0.2, 0) is 14.8 Å². The van der Waals surface area contributed by atoms with Crippen LogP contribution in [0.2, 0.25) is 0 Å². The molecule has 3 N–H and O–H groups in total. The highest BCUT2D eigenvalue weighted by atomic mass is 35.5. The average Bonchev–Trinajstić information content (AvgIpc) is 2.68. The highest BCUT2D eigenvalue weighted by molar-refractivity contribution is 7.89. The Morgan fingerprint density at radius 2 is 1.62 bits per heavy atom. The number of rotatable bonds is 5. The van der Waals surface area contributed by atoms with Gasteiger partial charge >= 0.3 is 0 Å². The van der Waals surface area contributed by atoms with Crippen molar-refractivity contribution in [2.75, 3.05) is 38.5 Å². The molecule has 0 spiro atoms. The number of benzene rings is 2. The third kappa shape index (κ3) is 6.15. The van der Waals surface area contributed by atoms with Crippen molar-refractivity contribution in [3.05, 3.63) is 60.2 Å². The van der Waals surface area contributed by atoms with Gasteiger partial charge in [-0.05, 0) is 30.8 Å². The Hall–Kier alpha value is -1.68. The molecule has 1 fully saturated rings. The summed E-state index contributed by atoms with van der Waals surface area (Å²) in [5.41, 5.74) is 7.09. The van der Waals surface area contributed by atoms with Crippen LogP contribution < -0.4 is 11.1 Å². The van der Waals surface area contributed by atoms with Crippen molar-refractivity contribution in [2.24, 2.45) is 5.73 Å². The van der Waals surface area contributed by atoms with Gasteiger partial charge in [-0.2, -0.15) is 4.31 Å². The molecule has 10 heteroatoms. The number of halogens is 2. The predicted octanol–water partition coefficient (Wildman–Crippen LogP) is 2.10. The SMILES string of the molecule is CN1CCN(S(=O)(=O)c2cccc(NC(=O)C(N)c3ccccc3)c2)CC1.Cl.Cl. The van der Waals surface area contributed by atoms with E-state index in [0.29, 0.717) is 37.4 Å². The van der Waals surface area contributed by atoms with Crippen LogP contribution in [0.25, 0.3) is 0 Å². The highest BCUT2D eigenvalue weighted by Crippen LogP contribution is 2.21. The zero-order chi connectivity index (χ0) is 19.4. The molecule has 0 radical (unpaired) electrons. The number of anilines is 1. The molecule has 1 heterocycles. The van der Waals surface area contributed by atoms with Crippen LogP contribution in [0.5, 0.6) is 0 Å². The third-order valence-corrected chi connectivity index (χ3v) is 6.54.